The molecule has 0 atom stereocenters. The summed E-state index contributed by atoms with van der Waals surface area (Å²) in [5.41, 5.74) is 3.94. The van der Waals surface area contributed by atoms with Crippen LogP contribution in [0, 0.1) is 0 Å². The second kappa shape index (κ2) is 9.66. The average molecular weight is 489 g/mol. The second-order valence-corrected chi connectivity index (χ2v) is 7.90. The fourth-order valence-corrected chi connectivity index (χ4v) is 3.57. The predicted octanol–water partition coefficient (Wildman–Crippen LogP) is 6.22. The highest BCUT2D eigenvalue weighted by atomic mass is 79.9. The molecule has 1 aromatic heterocycles. The lowest BCUT2D eigenvalue weighted by Gasteiger charge is -2.09. The molecule has 0 aliphatic rings. The highest BCUT2D eigenvalue weighted by Gasteiger charge is 2.14. The molecule has 0 saturated carbocycles. The van der Waals surface area contributed by atoms with E-state index in [0.717, 1.165) is 27.0 Å². The molecule has 0 bridgehead atoms. The Balaban J connectivity index is 1.76. The molecule has 0 saturated heterocycles. The Kier molecular flexibility index (Phi) is 6.52. The van der Waals surface area contributed by atoms with Crippen molar-refractivity contribution in [3.63, 3.8) is 0 Å². The van der Waals surface area contributed by atoms with Gasteiger partial charge in [0.25, 0.3) is 0 Å². The van der Waals surface area contributed by atoms with E-state index in [4.69, 9.17) is 14.6 Å². The molecule has 0 aliphatic carbocycles. The van der Waals surface area contributed by atoms with Crippen molar-refractivity contribution in [3.05, 3.63) is 101 Å². The normalized spacial score (nSPS) is 11.0. The number of carbonyl (C=O) groups is 1. The first kappa shape index (κ1) is 21.6. The number of ether oxygens (including phenoxy) is 2. The van der Waals surface area contributed by atoms with Crippen LogP contribution in [0.2, 0.25) is 0 Å². The summed E-state index contributed by atoms with van der Waals surface area (Å²) in [4.78, 5) is 12.7. The van der Waals surface area contributed by atoms with E-state index in [1.165, 1.54) is 0 Å². The van der Waals surface area contributed by atoms with Gasteiger partial charge in [0.05, 0.1) is 19.9 Å². The summed E-state index contributed by atoms with van der Waals surface area (Å²) < 4.78 is 13.5. The van der Waals surface area contributed by atoms with Crippen molar-refractivity contribution in [2.24, 2.45) is 0 Å². The van der Waals surface area contributed by atoms with Crippen LogP contribution in [0.15, 0.2) is 89.5 Å². The third-order valence-electron chi connectivity index (χ3n) is 4.96. The molecule has 0 N–H and O–H groups in total. The second-order valence-electron chi connectivity index (χ2n) is 6.99. The zero-order chi connectivity index (χ0) is 22.5. The summed E-state index contributed by atoms with van der Waals surface area (Å²) in [7, 11) is 3.20. The largest absolute Gasteiger partial charge is 0.493 e. The lowest BCUT2D eigenvalue weighted by Crippen LogP contribution is -1.95. The zero-order valence-corrected chi connectivity index (χ0v) is 19.2. The van der Waals surface area contributed by atoms with Crippen LogP contribution in [0.25, 0.3) is 23.0 Å². The summed E-state index contributed by atoms with van der Waals surface area (Å²) in [6, 6.07) is 22.8. The van der Waals surface area contributed by atoms with Crippen molar-refractivity contribution in [1.29, 1.82) is 0 Å². The van der Waals surface area contributed by atoms with Crippen LogP contribution in [-0.4, -0.2) is 29.8 Å². The monoisotopic (exact) mass is 488 g/mol. The summed E-state index contributed by atoms with van der Waals surface area (Å²) in [5.74, 6) is 1.17. The molecule has 3 aromatic carbocycles. The van der Waals surface area contributed by atoms with E-state index < -0.39 is 0 Å². The summed E-state index contributed by atoms with van der Waals surface area (Å²) in [5, 5.41) is 4.80. The van der Waals surface area contributed by atoms with Crippen molar-refractivity contribution in [2.75, 3.05) is 14.2 Å². The molecule has 4 rings (SSSR count). The molecule has 0 radical (unpaired) electrons. The maximum absolute atomic E-state index is 12.7. The van der Waals surface area contributed by atoms with Crippen molar-refractivity contribution < 1.29 is 14.3 Å². The number of carbonyl (C=O) groups excluding carboxylic acids is 1. The highest BCUT2D eigenvalue weighted by Crippen LogP contribution is 2.33. The van der Waals surface area contributed by atoms with E-state index in [1.807, 2.05) is 66.9 Å². The predicted molar refractivity (Wildman–Crippen MR) is 130 cm³/mol. The van der Waals surface area contributed by atoms with Crippen LogP contribution in [0.4, 0.5) is 0 Å². The van der Waals surface area contributed by atoms with Gasteiger partial charge < -0.3 is 9.47 Å². The van der Waals surface area contributed by atoms with Gasteiger partial charge in [0.1, 0.15) is 5.69 Å². The first-order valence-corrected chi connectivity index (χ1v) is 10.7. The molecular weight excluding hydrogens is 468 g/mol. The van der Waals surface area contributed by atoms with E-state index in [0.29, 0.717) is 17.1 Å². The van der Waals surface area contributed by atoms with E-state index in [1.54, 1.807) is 43.2 Å². The molecule has 6 heteroatoms. The number of para-hydroxylation sites is 1. The maximum Gasteiger partial charge on any atom is 0.185 e. The molecule has 0 amide bonds. The third kappa shape index (κ3) is 4.65. The number of benzene rings is 3. The molecule has 5 nitrogen and oxygen atoms in total. The number of rotatable bonds is 7. The van der Waals surface area contributed by atoms with Crippen LogP contribution >= 0.6 is 15.9 Å². The number of nitrogens with zero attached hydrogens (tertiary/aromatic N) is 2. The quantitative estimate of drug-likeness (QED) is 0.229. The molecule has 0 aliphatic heterocycles. The van der Waals surface area contributed by atoms with Crippen LogP contribution in [0.3, 0.4) is 0 Å². The minimum Gasteiger partial charge on any atom is -0.493 e. The fourth-order valence-electron chi connectivity index (χ4n) is 3.31. The van der Waals surface area contributed by atoms with Crippen LogP contribution in [-0.2, 0) is 0 Å². The Bertz CT molecular complexity index is 1260. The fraction of sp³-hybridized carbons (Fsp3) is 0.0769. The molecular formula is C26H21BrN2O3. The van der Waals surface area contributed by atoms with Gasteiger partial charge in [-0.05, 0) is 66.7 Å². The van der Waals surface area contributed by atoms with E-state index in [9.17, 15) is 4.79 Å². The minimum absolute atomic E-state index is 0.0803. The van der Waals surface area contributed by atoms with Gasteiger partial charge in [-0.1, -0.05) is 34.1 Å². The van der Waals surface area contributed by atoms with Crippen LogP contribution < -0.4 is 9.47 Å². The zero-order valence-electron chi connectivity index (χ0n) is 17.7. The van der Waals surface area contributed by atoms with Gasteiger partial charge >= 0.3 is 0 Å². The van der Waals surface area contributed by atoms with Crippen molar-refractivity contribution >= 4 is 27.8 Å². The standard InChI is InChI=1S/C26H21BrN2O3/c1-31-24-15-11-19(16-25(24)32-2)26-20(17-29(28-26)22-6-4-3-5-7-22)10-14-23(30)18-8-12-21(27)13-9-18/h3-17H,1-2H3. The molecule has 0 unspecified atom stereocenters. The van der Waals surface area contributed by atoms with Gasteiger partial charge in [0, 0.05) is 27.4 Å². The van der Waals surface area contributed by atoms with Gasteiger partial charge in [-0.15, -0.1) is 0 Å². The molecule has 32 heavy (non-hydrogen) atoms. The molecule has 1 heterocycles. The summed E-state index contributed by atoms with van der Waals surface area (Å²) in [6.07, 6.45) is 5.27. The van der Waals surface area contributed by atoms with Gasteiger partial charge in [-0.25, -0.2) is 4.68 Å². The Morgan fingerprint density at radius 3 is 2.34 bits per heavy atom. The number of hydrogen-bond donors (Lipinski definition) is 0. The summed E-state index contributed by atoms with van der Waals surface area (Å²) in [6.45, 7) is 0. The molecule has 160 valence electrons. The smallest absolute Gasteiger partial charge is 0.185 e. The molecule has 0 fully saturated rings. The Morgan fingerprint density at radius 1 is 0.938 bits per heavy atom. The lowest BCUT2D eigenvalue weighted by molar-refractivity contribution is 0.104. The SMILES string of the molecule is COc1ccc(-c2nn(-c3ccccc3)cc2C=CC(=O)c2ccc(Br)cc2)cc1OC. The van der Waals surface area contributed by atoms with Gasteiger partial charge in [0.15, 0.2) is 17.3 Å². The van der Waals surface area contributed by atoms with E-state index in [-0.39, 0.29) is 5.78 Å². The highest BCUT2D eigenvalue weighted by molar-refractivity contribution is 9.10. The topological polar surface area (TPSA) is 53.4 Å². The average Bonchev–Trinajstić information content (AvgIpc) is 3.27. The number of methoxy groups -OCH3 is 2. The number of hydrogen-bond acceptors (Lipinski definition) is 4. The van der Waals surface area contributed by atoms with Crippen molar-refractivity contribution in [1.82, 2.24) is 9.78 Å². The van der Waals surface area contributed by atoms with Crippen LogP contribution in [0.1, 0.15) is 15.9 Å². The van der Waals surface area contributed by atoms with Gasteiger partial charge in [0.2, 0.25) is 0 Å². The van der Waals surface area contributed by atoms with E-state index >= 15 is 0 Å². The molecule has 4 aromatic rings. The molecule has 0 spiro atoms. The first-order chi connectivity index (χ1) is 15.6. The Morgan fingerprint density at radius 2 is 1.66 bits per heavy atom. The van der Waals surface area contributed by atoms with Crippen molar-refractivity contribution in [2.45, 2.75) is 0 Å². The van der Waals surface area contributed by atoms with Gasteiger partial charge in [-0.3, -0.25) is 4.79 Å². The summed E-state index contributed by atoms with van der Waals surface area (Å²) >= 11 is 3.39. The Hall–Kier alpha value is -3.64. The van der Waals surface area contributed by atoms with Crippen LogP contribution in [0.5, 0.6) is 11.5 Å². The Labute approximate surface area is 195 Å². The number of ketones is 1. The first-order valence-electron chi connectivity index (χ1n) is 9.94. The minimum atomic E-state index is -0.0803. The lowest BCUT2D eigenvalue weighted by atomic mass is 10.1. The number of halogens is 1. The number of aromatic nitrogens is 2. The maximum atomic E-state index is 12.7. The van der Waals surface area contributed by atoms with E-state index in [2.05, 4.69) is 15.9 Å². The van der Waals surface area contributed by atoms with Crippen molar-refractivity contribution in [3.8, 4) is 28.4 Å². The third-order valence-corrected chi connectivity index (χ3v) is 5.49. The van der Waals surface area contributed by atoms with Gasteiger partial charge in [-0.2, -0.15) is 5.10 Å². The number of allylic oxidation sites excluding steroid dienone is 1.